The smallest absolute Gasteiger partial charge is 0.295 e. The zero-order valence-corrected chi connectivity index (χ0v) is 15.2. The Labute approximate surface area is 159 Å². The minimum atomic E-state index is -2.69. The summed E-state index contributed by atoms with van der Waals surface area (Å²) in [4.78, 5) is 26.7. The summed E-state index contributed by atoms with van der Waals surface area (Å²) in [5.41, 5.74) is 3.47. The number of nitrogens with zero attached hydrogens (tertiary/aromatic N) is 2. The van der Waals surface area contributed by atoms with E-state index in [9.17, 15) is 13.6 Å². The molecule has 2 heterocycles. The molecule has 0 saturated carbocycles. The lowest BCUT2D eigenvalue weighted by molar-refractivity contribution is 0.102. The van der Waals surface area contributed by atoms with E-state index in [1.165, 1.54) is 6.07 Å². The molecule has 0 atom stereocenters. The Kier molecular flexibility index (Phi) is 4.77. The van der Waals surface area contributed by atoms with E-state index in [-0.39, 0.29) is 5.91 Å². The molecule has 1 amide bonds. The number of fused-ring (bicyclic) bond motifs is 2. The van der Waals surface area contributed by atoms with E-state index in [0.29, 0.717) is 22.3 Å². The molecule has 8 heteroatoms. The Hall–Kier alpha value is -3.29. The van der Waals surface area contributed by atoms with Crippen LogP contribution < -0.4 is 5.32 Å². The number of aromatic nitrogens is 4. The third-order valence-electron chi connectivity index (χ3n) is 4.53. The summed E-state index contributed by atoms with van der Waals surface area (Å²) in [7, 11) is 0. The molecule has 144 valence electrons. The van der Waals surface area contributed by atoms with Crippen molar-refractivity contribution in [1.29, 1.82) is 0 Å². The summed E-state index contributed by atoms with van der Waals surface area (Å²) in [5.74, 6) is 0.191. The van der Waals surface area contributed by atoms with Gasteiger partial charge in [0.05, 0.1) is 22.1 Å². The summed E-state index contributed by atoms with van der Waals surface area (Å²) in [6, 6.07) is 10.1. The number of aromatic amines is 2. The number of hydrogen-bond acceptors (Lipinski definition) is 3. The van der Waals surface area contributed by atoms with Gasteiger partial charge >= 0.3 is 0 Å². The SMILES string of the molecule is CCCCc1nc2ccc(NC(=O)c3ccc4nc(C(F)F)[nH]c4c3)cc2[nH]1. The van der Waals surface area contributed by atoms with Crippen molar-refractivity contribution in [2.75, 3.05) is 5.32 Å². The van der Waals surface area contributed by atoms with Crippen molar-refractivity contribution in [3.8, 4) is 0 Å². The number of carbonyl (C=O) groups is 1. The number of alkyl halides is 2. The highest BCUT2D eigenvalue weighted by Gasteiger charge is 2.14. The van der Waals surface area contributed by atoms with Crippen molar-refractivity contribution in [2.24, 2.45) is 0 Å². The van der Waals surface area contributed by atoms with Crippen LogP contribution in [0.3, 0.4) is 0 Å². The van der Waals surface area contributed by atoms with Gasteiger partial charge in [-0.3, -0.25) is 4.79 Å². The number of benzene rings is 2. The molecule has 4 aromatic rings. The van der Waals surface area contributed by atoms with Crippen LogP contribution >= 0.6 is 0 Å². The molecule has 0 aliphatic carbocycles. The molecule has 0 radical (unpaired) electrons. The number of nitrogens with one attached hydrogen (secondary N) is 3. The van der Waals surface area contributed by atoms with Crippen molar-refractivity contribution in [1.82, 2.24) is 19.9 Å². The van der Waals surface area contributed by atoms with Gasteiger partial charge in [-0.2, -0.15) is 0 Å². The monoisotopic (exact) mass is 383 g/mol. The number of rotatable bonds is 6. The minimum Gasteiger partial charge on any atom is -0.342 e. The van der Waals surface area contributed by atoms with Gasteiger partial charge in [-0.15, -0.1) is 0 Å². The molecule has 0 bridgehead atoms. The van der Waals surface area contributed by atoms with Gasteiger partial charge in [0.2, 0.25) is 0 Å². The number of imidazole rings is 2. The quantitative estimate of drug-likeness (QED) is 0.439. The summed E-state index contributed by atoms with van der Waals surface area (Å²) in [6.07, 6.45) is 0.357. The maximum atomic E-state index is 12.8. The second kappa shape index (κ2) is 7.38. The second-order valence-electron chi connectivity index (χ2n) is 6.63. The van der Waals surface area contributed by atoms with Crippen molar-refractivity contribution < 1.29 is 13.6 Å². The topological polar surface area (TPSA) is 86.5 Å². The zero-order valence-electron chi connectivity index (χ0n) is 15.2. The van der Waals surface area contributed by atoms with E-state index in [2.05, 4.69) is 32.2 Å². The average Bonchev–Trinajstić information content (AvgIpc) is 3.29. The van der Waals surface area contributed by atoms with E-state index in [0.717, 1.165) is 36.1 Å². The number of aryl methyl sites for hydroxylation is 1. The number of halogens is 2. The molecule has 6 nitrogen and oxygen atoms in total. The van der Waals surface area contributed by atoms with Crippen LogP contribution in [0.4, 0.5) is 14.5 Å². The molecular weight excluding hydrogens is 364 g/mol. The third-order valence-corrected chi connectivity index (χ3v) is 4.53. The van der Waals surface area contributed by atoms with Gasteiger partial charge in [0.1, 0.15) is 5.82 Å². The van der Waals surface area contributed by atoms with Gasteiger partial charge in [-0.05, 0) is 42.8 Å². The summed E-state index contributed by atoms with van der Waals surface area (Å²) < 4.78 is 25.5. The lowest BCUT2D eigenvalue weighted by atomic mass is 10.2. The van der Waals surface area contributed by atoms with Crippen LogP contribution in [0.1, 0.15) is 48.2 Å². The number of unbranched alkanes of at least 4 members (excludes halogenated alkanes) is 1. The first kappa shape index (κ1) is 18.1. The fourth-order valence-electron chi connectivity index (χ4n) is 3.08. The van der Waals surface area contributed by atoms with Gasteiger partial charge in [0, 0.05) is 17.7 Å². The van der Waals surface area contributed by atoms with E-state index < -0.39 is 12.2 Å². The van der Waals surface area contributed by atoms with Crippen molar-refractivity contribution in [3.05, 3.63) is 53.6 Å². The van der Waals surface area contributed by atoms with Gasteiger partial charge in [-0.1, -0.05) is 13.3 Å². The third kappa shape index (κ3) is 3.58. The van der Waals surface area contributed by atoms with Crippen LogP contribution in [-0.4, -0.2) is 25.8 Å². The fraction of sp³-hybridized carbons (Fsp3) is 0.250. The van der Waals surface area contributed by atoms with Crippen molar-refractivity contribution in [3.63, 3.8) is 0 Å². The molecule has 3 N–H and O–H groups in total. The molecule has 0 unspecified atom stereocenters. The zero-order chi connectivity index (χ0) is 19.7. The van der Waals surface area contributed by atoms with Gasteiger partial charge in [-0.25, -0.2) is 18.7 Å². The fourth-order valence-corrected chi connectivity index (χ4v) is 3.08. The van der Waals surface area contributed by atoms with Gasteiger partial charge in [0.25, 0.3) is 12.3 Å². The van der Waals surface area contributed by atoms with E-state index in [1.807, 2.05) is 12.1 Å². The maximum Gasteiger partial charge on any atom is 0.295 e. The van der Waals surface area contributed by atoms with Crippen molar-refractivity contribution >= 4 is 33.7 Å². The highest BCUT2D eigenvalue weighted by molar-refractivity contribution is 6.06. The summed E-state index contributed by atoms with van der Waals surface area (Å²) >= 11 is 0. The largest absolute Gasteiger partial charge is 0.342 e. The molecule has 0 fully saturated rings. The van der Waals surface area contributed by atoms with Crippen LogP contribution in [0, 0.1) is 0 Å². The lowest BCUT2D eigenvalue weighted by Crippen LogP contribution is -2.11. The van der Waals surface area contributed by atoms with Gasteiger partial charge in [0.15, 0.2) is 5.82 Å². The number of H-pyrrole nitrogens is 2. The molecule has 0 saturated heterocycles. The highest BCUT2D eigenvalue weighted by atomic mass is 19.3. The maximum absolute atomic E-state index is 12.8. The average molecular weight is 383 g/mol. The number of hydrogen-bond donors (Lipinski definition) is 3. The molecule has 2 aromatic heterocycles. The first-order valence-corrected chi connectivity index (χ1v) is 9.11. The van der Waals surface area contributed by atoms with Crippen LogP contribution in [0.2, 0.25) is 0 Å². The Morgan fingerprint density at radius 3 is 2.61 bits per heavy atom. The summed E-state index contributed by atoms with van der Waals surface area (Å²) in [5, 5.41) is 2.83. The molecular formula is C20H19F2N5O. The van der Waals surface area contributed by atoms with E-state index >= 15 is 0 Å². The van der Waals surface area contributed by atoms with Crippen LogP contribution in [0.15, 0.2) is 36.4 Å². The molecule has 28 heavy (non-hydrogen) atoms. The van der Waals surface area contributed by atoms with Crippen molar-refractivity contribution in [2.45, 2.75) is 32.6 Å². The van der Waals surface area contributed by atoms with Crippen LogP contribution in [-0.2, 0) is 6.42 Å². The predicted octanol–water partition coefficient (Wildman–Crippen LogP) is 4.97. The molecule has 0 aliphatic heterocycles. The second-order valence-corrected chi connectivity index (χ2v) is 6.63. The number of amides is 1. The van der Waals surface area contributed by atoms with E-state index in [4.69, 9.17) is 0 Å². The van der Waals surface area contributed by atoms with Gasteiger partial charge < -0.3 is 15.3 Å². The van der Waals surface area contributed by atoms with E-state index in [1.54, 1.807) is 18.2 Å². The normalized spacial score (nSPS) is 11.6. The molecule has 0 aliphatic rings. The van der Waals surface area contributed by atoms with Crippen LogP contribution in [0.5, 0.6) is 0 Å². The predicted molar refractivity (Wildman–Crippen MR) is 104 cm³/mol. The Bertz CT molecular complexity index is 1150. The molecule has 2 aromatic carbocycles. The number of anilines is 1. The first-order valence-electron chi connectivity index (χ1n) is 9.11. The summed E-state index contributed by atoms with van der Waals surface area (Å²) in [6.45, 7) is 2.13. The minimum absolute atomic E-state index is 0.333. The number of carbonyl (C=O) groups excluding carboxylic acids is 1. The van der Waals surface area contributed by atoms with Crippen LogP contribution in [0.25, 0.3) is 22.1 Å². The Balaban J connectivity index is 1.54. The Morgan fingerprint density at radius 2 is 1.82 bits per heavy atom. The molecule has 0 spiro atoms. The molecule has 4 rings (SSSR count). The standard InChI is InChI=1S/C20H19F2N5O/c1-2-3-4-17-24-13-8-6-12(10-16(13)25-17)23-20(28)11-5-7-14-15(9-11)27-19(26-14)18(21)22/h5-10,18H,2-4H2,1H3,(H,23,28)(H,24,25)(H,26,27). The first-order chi connectivity index (χ1) is 13.5. The lowest BCUT2D eigenvalue weighted by Gasteiger charge is -2.05. The Morgan fingerprint density at radius 1 is 1.07 bits per heavy atom. The highest BCUT2D eigenvalue weighted by Crippen LogP contribution is 2.22.